The molecule has 0 aliphatic heterocycles. The molecule has 0 aromatic rings. The summed E-state index contributed by atoms with van der Waals surface area (Å²) < 4.78 is 0. The summed E-state index contributed by atoms with van der Waals surface area (Å²) in [5.41, 5.74) is 0. The van der Waals surface area contributed by atoms with E-state index in [1.165, 1.54) is 70.6 Å². The summed E-state index contributed by atoms with van der Waals surface area (Å²) >= 11 is 0. The molecule has 0 spiro atoms. The van der Waals surface area contributed by atoms with Gasteiger partial charge in [0.15, 0.2) is 0 Å². The van der Waals surface area contributed by atoms with Gasteiger partial charge in [-0.05, 0) is 12.3 Å². The molecule has 1 heteroatoms. The van der Waals surface area contributed by atoms with E-state index in [0.717, 1.165) is 6.42 Å². The van der Waals surface area contributed by atoms with Gasteiger partial charge in [-0.2, -0.15) is 5.26 Å². The lowest BCUT2D eigenvalue weighted by atomic mass is 9.95. The third kappa shape index (κ3) is 11.7. The summed E-state index contributed by atoms with van der Waals surface area (Å²) in [6, 6.07) is 2.30. The van der Waals surface area contributed by atoms with Crippen LogP contribution in [0, 0.1) is 17.2 Å². The van der Waals surface area contributed by atoms with Crippen LogP contribution in [0.5, 0.6) is 0 Å². The molecule has 0 heterocycles. The van der Waals surface area contributed by atoms with Gasteiger partial charge in [0, 0.05) is 6.42 Å². The van der Waals surface area contributed by atoms with Crippen molar-refractivity contribution in [1.82, 2.24) is 0 Å². The maximum absolute atomic E-state index is 8.66. The van der Waals surface area contributed by atoms with E-state index in [1.807, 2.05) is 0 Å². The number of nitrogens with zero attached hydrogens (tertiary/aromatic N) is 1. The molecule has 100 valence electrons. The molecule has 17 heavy (non-hydrogen) atoms. The molecule has 1 atom stereocenters. The molecule has 0 radical (unpaired) electrons. The topological polar surface area (TPSA) is 23.8 Å². The van der Waals surface area contributed by atoms with Gasteiger partial charge < -0.3 is 0 Å². The maximum Gasteiger partial charge on any atom is 0.0624 e. The fourth-order valence-corrected chi connectivity index (χ4v) is 2.32. The van der Waals surface area contributed by atoms with Gasteiger partial charge in [0.2, 0.25) is 0 Å². The van der Waals surface area contributed by atoms with E-state index in [1.54, 1.807) is 0 Å². The monoisotopic (exact) mass is 237 g/mol. The van der Waals surface area contributed by atoms with Crippen LogP contribution >= 0.6 is 0 Å². The first kappa shape index (κ1) is 16.5. The van der Waals surface area contributed by atoms with Gasteiger partial charge >= 0.3 is 0 Å². The Labute approximate surface area is 109 Å². The fourth-order valence-electron chi connectivity index (χ4n) is 2.32. The Morgan fingerprint density at radius 1 is 0.824 bits per heavy atom. The first-order valence-electron chi connectivity index (χ1n) is 7.72. The molecule has 0 rings (SSSR count). The van der Waals surface area contributed by atoms with Crippen LogP contribution in [-0.4, -0.2) is 0 Å². The lowest BCUT2D eigenvalue weighted by Crippen LogP contribution is -1.97. The first-order valence-corrected chi connectivity index (χ1v) is 7.72. The maximum atomic E-state index is 8.66. The van der Waals surface area contributed by atoms with Crippen LogP contribution in [0.3, 0.4) is 0 Å². The van der Waals surface area contributed by atoms with E-state index in [9.17, 15) is 0 Å². The van der Waals surface area contributed by atoms with Crippen LogP contribution in [-0.2, 0) is 0 Å². The molecule has 0 aromatic carbocycles. The second-order valence-corrected chi connectivity index (χ2v) is 5.25. The van der Waals surface area contributed by atoms with Crippen molar-refractivity contribution in [1.29, 1.82) is 5.26 Å². The summed E-state index contributed by atoms with van der Waals surface area (Å²) in [6.45, 7) is 4.47. The van der Waals surface area contributed by atoms with Crippen molar-refractivity contribution in [2.24, 2.45) is 5.92 Å². The zero-order chi connectivity index (χ0) is 12.8. The van der Waals surface area contributed by atoms with E-state index in [0.29, 0.717) is 5.92 Å². The number of unbranched alkanes of at least 4 members (excludes halogenated alkanes) is 8. The van der Waals surface area contributed by atoms with E-state index in [4.69, 9.17) is 5.26 Å². The summed E-state index contributed by atoms with van der Waals surface area (Å²) in [5.74, 6) is 0.657. The second-order valence-electron chi connectivity index (χ2n) is 5.25. The van der Waals surface area contributed by atoms with Gasteiger partial charge in [0.25, 0.3) is 0 Å². The number of nitriles is 1. The van der Waals surface area contributed by atoms with Crippen LogP contribution in [0.15, 0.2) is 0 Å². The van der Waals surface area contributed by atoms with Crippen LogP contribution in [0.1, 0.15) is 90.9 Å². The highest BCUT2D eigenvalue weighted by Crippen LogP contribution is 2.18. The van der Waals surface area contributed by atoms with Crippen molar-refractivity contribution in [3.63, 3.8) is 0 Å². The Morgan fingerprint density at radius 2 is 1.35 bits per heavy atom. The predicted molar refractivity (Wildman–Crippen MR) is 75.9 cm³/mol. The van der Waals surface area contributed by atoms with Crippen LogP contribution in [0.25, 0.3) is 0 Å². The highest BCUT2D eigenvalue weighted by atomic mass is 14.2. The quantitative estimate of drug-likeness (QED) is 0.391. The molecule has 0 aliphatic carbocycles. The Balaban J connectivity index is 3.15. The van der Waals surface area contributed by atoms with Gasteiger partial charge in [-0.25, -0.2) is 0 Å². The summed E-state index contributed by atoms with van der Waals surface area (Å²) in [6.07, 6.45) is 15.7. The Morgan fingerprint density at radius 3 is 1.82 bits per heavy atom. The zero-order valence-corrected chi connectivity index (χ0v) is 12.0. The molecule has 0 amide bonds. The summed E-state index contributed by atoms with van der Waals surface area (Å²) in [7, 11) is 0. The highest BCUT2D eigenvalue weighted by molar-refractivity contribution is 4.74. The van der Waals surface area contributed by atoms with Gasteiger partial charge in [0.05, 0.1) is 6.07 Å². The van der Waals surface area contributed by atoms with Gasteiger partial charge in [-0.3, -0.25) is 0 Å². The van der Waals surface area contributed by atoms with Crippen LogP contribution in [0.2, 0.25) is 0 Å². The molecule has 0 bridgehead atoms. The van der Waals surface area contributed by atoms with Gasteiger partial charge in [0.1, 0.15) is 0 Å². The smallest absolute Gasteiger partial charge is 0.0624 e. The van der Waals surface area contributed by atoms with E-state index in [-0.39, 0.29) is 0 Å². The van der Waals surface area contributed by atoms with E-state index in [2.05, 4.69) is 19.9 Å². The first-order chi connectivity index (χ1) is 8.35. The standard InChI is InChI=1S/C16H31N/c1-3-5-6-7-8-9-10-11-12-13-16(4-2)14-15-17/h16H,3-14H2,1-2H3. The van der Waals surface area contributed by atoms with Crippen molar-refractivity contribution >= 4 is 0 Å². The predicted octanol–water partition coefficient (Wildman–Crippen LogP) is 5.85. The molecule has 0 saturated heterocycles. The molecule has 0 aromatic heterocycles. The molecule has 0 saturated carbocycles. The second kappa shape index (κ2) is 13.6. The fraction of sp³-hybridized carbons (Fsp3) is 0.938. The van der Waals surface area contributed by atoms with Crippen molar-refractivity contribution in [3.8, 4) is 6.07 Å². The van der Waals surface area contributed by atoms with Crippen molar-refractivity contribution < 1.29 is 0 Å². The minimum Gasteiger partial charge on any atom is -0.198 e. The average Bonchev–Trinajstić information content (AvgIpc) is 2.35. The molecule has 1 unspecified atom stereocenters. The van der Waals surface area contributed by atoms with Crippen molar-refractivity contribution in [2.75, 3.05) is 0 Å². The number of hydrogen-bond acceptors (Lipinski definition) is 1. The highest BCUT2D eigenvalue weighted by Gasteiger charge is 2.04. The van der Waals surface area contributed by atoms with E-state index >= 15 is 0 Å². The molecule has 0 aliphatic rings. The molecule has 0 fully saturated rings. The number of hydrogen-bond donors (Lipinski definition) is 0. The van der Waals surface area contributed by atoms with Crippen LogP contribution in [0.4, 0.5) is 0 Å². The Bertz CT molecular complexity index is 180. The Kier molecular flexibility index (Phi) is 13.1. The van der Waals surface area contributed by atoms with E-state index < -0.39 is 0 Å². The van der Waals surface area contributed by atoms with Gasteiger partial charge in [-0.1, -0.05) is 78.1 Å². The summed E-state index contributed by atoms with van der Waals surface area (Å²) in [4.78, 5) is 0. The number of rotatable bonds is 12. The van der Waals surface area contributed by atoms with Crippen molar-refractivity contribution in [2.45, 2.75) is 90.9 Å². The largest absolute Gasteiger partial charge is 0.198 e. The third-order valence-electron chi connectivity index (χ3n) is 3.67. The average molecular weight is 237 g/mol. The van der Waals surface area contributed by atoms with Gasteiger partial charge in [-0.15, -0.1) is 0 Å². The third-order valence-corrected chi connectivity index (χ3v) is 3.67. The molecular formula is C16H31N. The molecular weight excluding hydrogens is 206 g/mol. The lowest BCUT2D eigenvalue weighted by Gasteiger charge is -2.09. The molecule has 1 nitrogen and oxygen atoms in total. The normalized spacial score (nSPS) is 12.3. The SMILES string of the molecule is CCCCCCCCCCCC(CC)CC#N. The minimum atomic E-state index is 0.657. The zero-order valence-electron chi connectivity index (χ0n) is 12.0. The lowest BCUT2D eigenvalue weighted by molar-refractivity contribution is 0.444. The van der Waals surface area contributed by atoms with Crippen LogP contribution < -0.4 is 0 Å². The summed E-state index contributed by atoms with van der Waals surface area (Å²) in [5, 5.41) is 8.66. The minimum absolute atomic E-state index is 0.657. The van der Waals surface area contributed by atoms with Crippen molar-refractivity contribution in [3.05, 3.63) is 0 Å². The Hall–Kier alpha value is -0.510. The molecule has 0 N–H and O–H groups in total.